The fourth-order valence-electron chi connectivity index (χ4n) is 2.70. The number of carbonyl (C=O) groups is 3. The van der Waals surface area contributed by atoms with E-state index in [4.69, 9.17) is 5.11 Å². The number of carboxylic acid groups (broad SMARTS) is 1. The summed E-state index contributed by atoms with van der Waals surface area (Å²) in [4.78, 5) is 47.4. The molecule has 3 rings (SSSR count). The lowest BCUT2D eigenvalue weighted by atomic mass is 10.2. The predicted molar refractivity (Wildman–Crippen MR) is 88.8 cm³/mol. The Morgan fingerprint density at radius 1 is 1.08 bits per heavy atom. The van der Waals surface area contributed by atoms with Gasteiger partial charge in [0.1, 0.15) is 6.04 Å². The van der Waals surface area contributed by atoms with Crippen molar-refractivity contribution in [3.8, 4) is 5.69 Å². The molecule has 1 fully saturated rings. The van der Waals surface area contributed by atoms with Crippen LogP contribution in [0.3, 0.4) is 0 Å². The van der Waals surface area contributed by atoms with Crippen molar-refractivity contribution >= 4 is 23.5 Å². The number of benzene rings is 1. The molecule has 128 valence electrons. The number of Topliss-reactive ketones (excluding diaryl/α,β-unsaturated/α-hetero) is 1. The maximum atomic E-state index is 12.3. The van der Waals surface area contributed by atoms with Crippen LogP contribution in [0, 0.1) is 0 Å². The summed E-state index contributed by atoms with van der Waals surface area (Å²) in [5.74, 6) is -0.848. The van der Waals surface area contributed by atoms with Crippen molar-refractivity contribution in [2.75, 3.05) is 11.9 Å². The Hall–Kier alpha value is -3.42. The van der Waals surface area contributed by atoms with Crippen molar-refractivity contribution in [3.63, 3.8) is 0 Å². The molecule has 25 heavy (non-hydrogen) atoms. The second-order valence-electron chi connectivity index (χ2n) is 5.61. The average molecular weight is 341 g/mol. The van der Waals surface area contributed by atoms with E-state index in [0.29, 0.717) is 11.4 Å². The third-order valence-electron chi connectivity index (χ3n) is 3.93. The number of carbonyl (C=O) groups excluding carboxylic acids is 2. The van der Waals surface area contributed by atoms with Crippen LogP contribution in [-0.2, 0) is 9.59 Å². The van der Waals surface area contributed by atoms with E-state index in [1.807, 2.05) is 0 Å². The minimum Gasteiger partial charge on any atom is -0.465 e. The van der Waals surface area contributed by atoms with Gasteiger partial charge in [-0.1, -0.05) is 6.07 Å². The van der Waals surface area contributed by atoms with Crippen LogP contribution < -0.4 is 10.9 Å². The molecule has 0 radical (unpaired) electrons. The molecule has 8 heteroatoms. The fraction of sp³-hybridized carbons (Fsp3) is 0.176. The molecule has 1 atom stereocenters. The Balaban J connectivity index is 1.74. The Morgan fingerprint density at radius 2 is 1.80 bits per heavy atom. The monoisotopic (exact) mass is 341 g/mol. The number of hydrogen-bond acceptors (Lipinski definition) is 4. The summed E-state index contributed by atoms with van der Waals surface area (Å²) in [7, 11) is 0. The van der Waals surface area contributed by atoms with E-state index >= 15 is 0 Å². The van der Waals surface area contributed by atoms with E-state index in [9.17, 15) is 19.2 Å². The number of likely N-dealkylation sites (tertiary alicyclic amines) is 1. The van der Waals surface area contributed by atoms with Crippen molar-refractivity contribution in [2.24, 2.45) is 0 Å². The summed E-state index contributed by atoms with van der Waals surface area (Å²) in [6.07, 6.45) is 0.199. The highest BCUT2D eigenvalue weighted by Gasteiger charge is 2.38. The van der Waals surface area contributed by atoms with Gasteiger partial charge in [0.05, 0.1) is 6.54 Å². The number of amides is 2. The molecule has 0 spiro atoms. The van der Waals surface area contributed by atoms with Gasteiger partial charge in [-0.2, -0.15) is 0 Å². The molecular weight excluding hydrogens is 326 g/mol. The molecule has 0 aliphatic carbocycles. The summed E-state index contributed by atoms with van der Waals surface area (Å²) in [5.41, 5.74) is 0.898. The molecule has 1 aromatic carbocycles. The zero-order chi connectivity index (χ0) is 18.0. The minimum atomic E-state index is -1.30. The van der Waals surface area contributed by atoms with Gasteiger partial charge < -0.3 is 10.4 Å². The van der Waals surface area contributed by atoms with E-state index in [1.165, 1.54) is 10.6 Å². The van der Waals surface area contributed by atoms with E-state index in [2.05, 4.69) is 5.32 Å². The van der Waals surface area contributed by atoms with Crippen molar-refractivity contribution in [2.45, 2.75) is 12.5 Å². The average Bonchev–Trinajstić information content (AvgIpc) is 2.99. The topological polar surface area (TPSA) is 109 Å². The molecule has 1 saturated heterocycles. The van der Waals surface area contributed by atoms with Crippen LogP contribution in [0.4, 0.5) is 10.5 Å². The number of aromatic nitrogens is 1. The van der Waals surface area contributed by atoms with Gasteiger partial charge >= 0.3 is 6.09 Å². The molecule has 1 aliphatic heterocycles. The lowest BCUT2D eigenvalue weighted by Gasteiger charge is -2.19. The quantitative estimate of drug-likeness (QED) is 0.869. The van der Waals surface area contributed by atoms with Crippen molar-refractivity contribution in [1.82, 2.24) is 9.47 Å². The Bertz CT molecular complexity index is 888. The highest BCUT2D eigenvalue weighted by atomic mass is 16.4. The van der Waals surface area contributed by atoms with Gasteiger partial charge in [-0.05, 0) is 30.3 Å². The first-order chi connectivity index (χ1) is 12.0. The van der Waals surface area contributed by atoms with E-state index in [-0.39, 0.29) is 24.3 Å². The Kier molecular flexibility index (Phi) is 4.34. The number of ketones is 1. The second-order valence-corrected chi connectivity index (χ2v) is 5.61. The van der Waals surface area contributed by atoms with Gasteiger partial charge in [0.2, 0.25) is 5.91 Å². The largest absolute Gasteiger partial charge is 0.465 e. The third kappa shape index (κ3) is 3.42. The number of pyridine rings is 1. The molecule has 2 amide bonds. The Morgan fingerprint density at radius 3 is 2.44 bits per heavy atom. The lowest BCUT2D eigenvalue weighted by Crippen LogP contribution is -2.42. The molecule has 2 heterocycles. The SMILES string of the molecule is O=C1CC(C(=O)Nc2ccc(-n3ccccc3=O)cc2)N(C(=O)O)C1. The molecule has 2 N–H and O–H groups in total. The number of hydrogen-bond donors (Lipinski definition) is 2. The first-order valence-electron chi connectivity index (χ1n) is 7.56. The smallest absolute Gasteiger partial charge is 0.408 e. The van der Waals surface area contributed by atoms with Crippen molar-refractivity contribution < 1.29 is 19.5 Å². The second kappa shape index (κ2) is 6.60. The lowest BCUT2D eigenvalue weighted by molar-refractivity contribution is -0.121. The maximum Gasteiger partial charge on any atom is 0.408 e. The number of nitrogens with one attached hydrogen (secondary N) is 1. The molecule has 0 saturated carbocycles. The molecule has 1 aliphatic rings. The van der Waals surface area contributed by atoms with E-state index in [0.717, 1.165) is 4.90 Å². The number of anilines is 1. The standard InChI is InChI=1S/C17H15N3O5/c21-13-9-14(20(10-13)17(24)25)16(23)18-11-4-6-12(7-5-11)19-8-2-1-3-15(19)22/h1-8,14H,9-10H2,(H,18,23)(H,24,25). The van der Waals surface area contributed by atoms with Crippen LogP contribution in [0.2, 0.25) is 0 Å². The first-order valence-corrected chi connectivity index (χ1v) is 7.56. The van der Waals surface area contributed by atoms with Crippen LogP contribution in [0.1, 0.15) is 6.42 Å². The van der Waals surface area contributed by atoms with Gasteiger partial charge in [-0.15, -0.1) is 0 Å². The highest BCUT2D eigenvalue weighted by molar-refractivity contribution is 6.02. The van der Waals surface area contributed by atoms with Crippen LogP contribution in [0.25, 0.3) is 5.69 Å². The zero-order valence-corrected chi connectivity index (χ0v) is 13.1. The highest BCUT2D eigenvalue weighted by Crippen LogP contribution is 2.18. The van der Waals surface area contributed by atoms with Gasteiger partial charge in [-0.3, -0.25) is 23.9 Å². The molecule has 0 bridgehead atoms. The van der Waals surface area contributed by atoms with Crippen molar-refractivity contribution in [3.05, 3.63) is 59.0 Å². The normalized spacial score (nSPS) is 16.7. The first kappa shape index (κ1) is 16.4. The van der Waals surface area contributed by atoms with Crippen LogP contribution >= 0.6 is 0 Å². The third-order valence-corrected chi connectivity index (χ3v) is 3.93. The van der Waals surface area contributed by atoms with Gasteiger partial charge in [0.15, 0.2) is 5.78 Å². The minimum absolute atomic E-state index is 0.129. The molecular formula is C17H15N3O5. The van der Waals surface area contributed by atoms with E-state index in [1.54, 1.807) is 42.6 Å². The van der Waals surface area contributed by atoms with Gasteiger partial charge in [0, 0.05) is 30.1 Å². The Labute approximate surface area is 142 Å². The number of rotatable bonds is 3. The summed E-state index contributed by atoms with van der Waals surface area (Å²) >= 11 is 0. The molecule has 1 aromatic heterocycles. The summed E-state index contributed by atoms with van der Waals surface area (Å²) in [6, 6.07) is 10.3. The van der Waals surface area contributed by atoms with Crippen LogP contribution in [-0.4, -0.2) is 44.9 Å². The molecule has 8 nitrogen and oxygen atoms in total. The zero-order valence-electron chi connectivity index (χ0n) is 13.1. The van der Waals surface area contributed by atoms with Crippen LogP contribution in [0.5, 0.6) is 0 Å². The van der Waals surface area contributed by atoms with Crippen molar-refractivity contribution in [1.29, 1.82) is 0 Å². The molecule has 1 unspecified atom stereocenters. The molecule has 2 aromatic rings. The van der Waals surface area contributed by atoms with Gasteiger partial charge in [-0.25, -0.2) is 4.79 Å². The summed E-state index contributed by atoms with van der Waals surface area (Å²) in [6.45, 7) is -0.275. The number of nitrogens with zero attached hydrogens (tertiary/aromatic N) is 2. The van der Waals surface area contributed by atoms with Crippen LogP contribution in [0.15, 0.2) is 53.5 Å². The maximum absolute atomic E-state index is 12.3. The fourth-order valence-corrected chi connectivity index (χ4v) is 2.70. The predicted octanol–water partition coefficient (Wildman–Crippen LogP) is 1.10. The van der Waals surface area contributed by atoms with Gasteiger partial charge in [0.25, 0.3) is 5.56 Å². The van der Waals surface area contributed by atoms with E-state index < -0.39 is 18.0 Å². The summed E-state index contributed by atoms with van der Waals surface area (Å²) < 4.78 is 1.45. The summed E-state index contributed by atoms with van der Waals surface area (Å²) in [5, 5.41) is 11.7.